The van der Waals surface area contributed by atoms with E-state index in [-0.39, 0.29) is 19.0 Å². The number of hydrogen-bond acceptors (Lipinski definition) is 4. The van der Waals surface area contributed by atoms with Crippen LogP contribution in [0.1, 0.15) is 5.56 Å². The van der Waals surface area contributed by atoms with Gasteiger partial charge in [-0.15, -0.1) is 11.8 Å². The second kappa shape index (κ2) is 6.78. The summed E-state index contributed by atoms with van der Waals surface area (Å²) in [6.45, 7) is 1.29. The Morgan fingerprint density at radius 3 is 2.24 bits per heavy atom. The molecule has 0 saturated carbocycles. The number of piperazine rings is 1. The van der Waals surface area contributed by atoms with Gasteiger partial charge in [-0.3, -0.25) is 4.79 Å². The van der Waals surface area contributed by atoms with Gasteiger partial charge in [-0.05, 0) is 24.0 Å². The quantitative estimate of drug-likeness (QED) is 0.805. The van der Waals surface area contributed by atoms with Gasteiger partial charge in [0.25, 0.3) is 10.2 Å². The third kappa shape index (κ3) is 4.44. The molecule has 1 saturated heterocycles. The molecule has 21 heavy (non-hydrogen) atoms. The molecule has 1 aliphatic rings. The van der Waals surface area contributed by atoms with Crippen molar-refractivity contribution in [3.8, 4) is 0 Å². The summed E-state index contributed by atoms with van der Waals surface area (Å²) in [6.07, 6.45) is 2.34. The van der Waals surface area contributed by atoms with Crippen LogP contribution in [0.2, 0.25) is 0 Å². The van der Waals surface area contributed by atoms with E-state index in [1.54, 1.807) is 16.7 Å². The summed E-state index contributed by atoms with van der Waals surface area (Å²) in [7, 11) is -3.65. The van der Waals surface area contributed by atoms with E-state index < -0.39 is 10.2 Å². The van der Waals surface area contributed by atoms with Gasteiger partial charge in [0.05, 0.1) is 6.42 Å². The number of nitrogens with two attached hydrogens (primary N) is 1. The predicted molar refractivity (Wildman–Crippen MR) is 83.2 cm³/mol. The highest BCUT2D eigenvalue weighted by atomic mass is 32.2. The van der Waals surface area contributed by atoms with Crippen LogP contribution in [0.4, 0.5) is 0 Å². The molecule has 0 spiro atoms. The summed E-state index contributed by atoms with van der Waals surface area (Å²) < 4.78 is 23.6. The van der Waals surface area contributed by atoms with E-state index in [2.05, 4.69) is 0 Å². The monoisotopic (exact) mass is 329 g/mol. The smallest absolute Gasteiger partial charge is 0.277 e. The molecule has 0 atom stereocenters. The van der Waals surface area contributed by atoms with Crippen LogP contribution in [-0.4, -0.2) is 56.0 Å². The second-order valence-electron chi connectivity index (χ2n) is 4.85. The Labute approximate surface area is 129 Å². The summed E-state index contributed by atoms with van der Waals surface area (Å²) in [5, 5.41) is 5.08. The summed E-state index contributed by atoms with van der Waals surface area (Å²) >= 11 is 1.66. The summed E-state index contributed by atoms with van der Waals surface area (Å²) in [5.41, 5.74) is 0.965. The molecule has 1 fully saturated rings. The molecule has 8 heteroatoms. The SMILES string of the molecule is CSc1ccc(CC(=O)N2CCN(S(N)(=O)=O)CC2)cc1. The van der Waals surface area contributed by atoms with E-state index in [4.69, 9.17) is 5.14 Å². The largest absolute Gasteiger partial charge is 0.340 e. The van der Waals surface area contributed by atoms with Gasteiger partial charge >= 0.3 is 0 Å². The van der Waals surface area contributed by atoms with E-state index >= 15 is 0 Å². The number of thioether (sulfide) groups is 1. The lowest BCUT2D eigenvalue weighted by Crippen LogP contribution is -2.52. The Morgan fingerprint density at radius 2 is 1.76 bits per heavy atom. The van der Waals surface area contributed by atoms with Crippen LogP contribution in [0.25, 0.3) is 0 Å². The minimum Gasteiger partial charge on any atom is -0.340 e. The lowest BCUT2D eigenvalue weighted by Gasteiger charge is -2.33. The molecule has 0 unspecified atom stereocenters. The Morgan fingerprint density at radius 1 is 1.19 bits per heavy atom. The van der Waals surface area contributed by atoms with Crippen molar-refractivity contribution < 1.29 is 13.2 Å². The van der Waals surface area contributed by atoms with Gasteiger partial charge in [-0.1, -0.05) is 12.1 Å². The van der Waals surface area contributed by atoms with Gasteiger partial charge in [0.15, 0.2) is 0 Å². The van der Waals surface area contributed by atoms with Crippen LogP contribution in [0.3, 0.4) is 0 Å². The first-order chi connectivity index (χ1) is 9.90. The number of carbonyl (C=O) groups excluding carboxylic acids is 1. The molecule has 1 aromatic carbocycles. The van der Waals surface area contributed by atoms with E-state index in [0.29, 0.717) is 19.5 Å². The first kappa shape index (κ1) is 16.3. The summed E-state index contributed by atoms with van der Waals surface area (Å²) in [6, 6.07) is 7.88. The normalized spacial score (nSPS) is 17.0. The molecule has 0 aliphatic carbocycles. The van der Waals surface area contributed by atoms with Crippen molar-refractivity contribution in [2.24, 2.45) is 5.14 Å². The molecule has 1 amide bonds. The maximum absolute atomic E-state index is 12.2. The molecule has 1 heterocycles. The highest BCUT2D eigenvalue weighted by Gasteiger charge is 2.26. The van der Waals surface area contributed by atoms with E-state index in [9.17, 15) is 13.2 Å². The number of benzene rings is 1. The van der Waals surface area contributed by atoms with Crippen molar-refractivity contribution in [2.45, 2.75) is 11.3 Å². The summed E-state index contributed by atoms with van der Waals surface area (Å²) in [4.78, 5) is 15.0. The van der Waals surface area contributed by atoms with Crippen molar-refractivity contribution in [1.82, 2.24) is 9.21 Å². The third-order valence-electron chi connectivity index (χ3n) is 3.47. The molecule has 2 N–H and O–H groups in total. The Kier molecular flexibility index (Phi) is 5.26. The fourth-order valence-electron chi connectivity index (χ4n) is 2.22. The highest BCUT2D eigenvalue weighted by Crippen LogP contribution is 2.16. The Balaban J connectivity index is 1.90. The summed E-state index contributed by atoms with van der Waals surface area (Å²) in [5.74, 6) is 0.0148. The van der Waals surface area contributed by atoms with Crippen LogP contribution in [0, 0.1) is 0 Å². The number of nitrogens with zero attached hydrogens (tertiary/aromatic N) is 2. The van der Waals surface area contributed by atoms with Crippen molar-refractivity contribution in [3.05, 3.63) is 29.8 Å². The molecule has 0 aromatic heterocycles. The average molecular weight is 329 g/mol. The number of hydrogen-bond donors (Lipinski definition) is 1. The number of rotatable bonds is 4. The third-order valence-corrected chi connectivity index (χ3v) is 5.29. The minimum absolute atomic E-state index is 0.0148. The fraction of sp³-hybridized carbons (Fsp3) is 0.462. The molecule has 1 aliphatic heterocycles. The lowest BCUT2D eigenvalue weighted by molar-refractivity contribution is -0.131. The van der Waals surface area contributed by atoms with Gasteiger partial charge in [-0.25, -0.2) is 5.14 Å². The average Bonchev–Trinajstić information content (AvgIpc) is 2.47. The Bertz CT molecular complexity index is 594. The molecule has 2 rings (SSSR count). The highest BCUT2D eigenvalue weighted by molar-refractivity contribution is 7.98. The van der Waals surface area contributed by atoms with Crippen molar-refractivity contribution >= 4 is 27.9 Å². The van der Waals surface area contributed by atoms with Crippen molar-refractivity contribution in [2.75, 3.05) is 32.4 Å². The zero-order valence-corrected chi connectivity index (χ0v) is 13.5. The first-order valence-electron chi connectivity index (χ1n) is 6.59. The molecular weight excluding hydrogens is 310 g/mol. The van der Waals surface area contributed by atoms with E-state index in [0.717, 1.165) is 10.5 Å². The topological polar surface area (TPSA) is 83.7 Å². The van der Waals surface area contributed by atoms with Gasteiger partial charge in [-0.2, -0.15) is 12.7 Å². The second-order valence-corrected chi connectivity index (χ2v) is 7.28. The lowest BCUT2D eigenvalue weighted by atomic mass is 10.1. The Hall–Kier alpha value is -1.09. The molecule has 116 valence electrons. The van der Waals surface area contributed by atoms with Crippen LogP contribution in [0.5, 0.6) is 0 Å². The van der Waals surface area contributed by atoms with Crippen LogP contribution >= 0.6 is 11.8 Å². The van der Waals surface area contributed by atoms with Gasteiger partial charge in [0.1, 0.15) is 0 Å². The number of carbonyl (C=O) groups is 1. The molecule has 0 bridgehead atoms. The zero-order chi connectivity index (χ0) is 15.5. The zero-order valence-electron chi connectivity index (χ0n) is 11.9. The maximum Gasteiger partial charge on any atom is 0.277 e. The maximum atomic E-state index is 12.2. The standard InChI is InChI=1S/C13H19N3O3S2/c1-20-12-4-2-11(3-5-12)10-13(17)15-6-8-16(9-7-15)21(14,18)19/h2-5H,6-10H2,1H3,(H2,14,18,19). The molecule has 1 aromatic rings. The molecular formula is C13H19N3O3S2. The van der Waals surface area contributed by atoms with E-state index in [1.165, 1.54) is 4.31 Å². The molecule has 6 nitrogen and oxygen atoms in total. The van der Waals surface area contributed by atoms with E-state index in [1.807, 2.05) is 30.5 Å². The van der Waals surface area contributed by atoms with Crippen LogP contribution < -0.4 is 5.14 Å². The van der Waals surface area contributed by atoms with Gasteiger partial charge in [0, 0.05) is 31.1 Å². The predicted octanol–water partition coefficient (Wildman–Crippen LogP) is 0.299. The van der Waals surface area contributed by atoms with Gasteiger partial charge in [0.2, 0.25) is 5.91 Å². The first-order valence-corrected chi connectivity index (χ1v) is 9.31. The van der Waals surface area contributed by atoms with Crippen molar-refractivity contribution in [1.29, 1.82) is 0 Å². The molecule has 0 radical (unpaired) electrons. The van der Waals surface area contributed by atoms with Gasteiger partial charge < -0.3 is 4.90 Å². The van der Waals surface area contributed by atoms with Crippen molar-refractivity contribution in [3.63, 3.8) is 0 Å². The van der Waals surface area contributed by atoms with Crippen LogP contribution in [0.15, 0.2) is 29.2 Å². The van der Waals surface area contributed by atoms with Crippen LogP contribution in [-0.2, 0) is 21.4 Å². The fourth-order valence-corrected chi connectivity index (χ4v) is 3.30. The number of amides is 1. The minimum atomic E-state index is -3.65.